The molecule has 0 radical (unpaired) electrons. The summed E-state index contributed by atoms with van der Waals surface area (Å²) >= 11 is 6.11. The number of carbonyl (C=O) groups is 1. The van der Waals surface area contributed by atoms with Gasteiger partial charge in [-0.25, -0.2) is 9.97 Å². The zero-order valence-corrected chi connectivity index (χ0v) is 16.4. The first-order valence-electron chi connectivity index (χ1n) is 8.38. The smallest absolute Gasteiger partial charge is 0.275 e. The van der Waals surface area contributed by atoms with Gasteiger partial charge in [0.15, 0.2) is 0 Å². The number of anilines is 3. The summed E-state index contributed by atoms with van der Waals surface area (Å²) in [6.07, 6.45) is 2.87. The van der Waals surface area contributed by atoms with Crippen molar-refractivity contribution in [2.75, 3.05) is 24.9 Å². The van der Waals surface area contributed by atoms with Gasteiger partial charge >= 0.3 is 0 Å². The number of nitrogens with one attached hydrogen (secondary N) is 2. The number of methoxy groups -OCH3 is 2. The minimum absolute atomic E-state index is 0.182. The first kappa shape index (κ1) is 19.4. The Morgan fingerprint density at radius 3 is 2.39 bits per heavy atom. The number of ether oxygens (including phenoxy) is 2. The highest BCUT2D eigenvalue weighted by Gasteiger charge is 2.12. The third-order valence-corrected chi connectivity index (χ3v) is 4.21. The lowest BCUT2D eigenvalue weighted by Crippen LogP contribution is -2.15. The van der Waals surface area contributed by atoms with Crippen LogP contribution in [0.15, 0.2) is 48.8 Å². The fourth-order valence-electron chi connectivity index (χ4n) is 2.51. The van der Waals surface area contributed by atoms with Gasteiger partial charge in [-0.3, -0.25) is 4.79 Å². The quantitative estimate of drug-likeness (QED) is 0.638. The summed E-state index contributed by atoms with van der Waals surface area (Å²) in [4.78, 5) is 20.9. The molecule has 1 aromatic heterocycles. The van der Waals surface area contributed by atoms with E-state index >= 15 is 0 Å². The van der Waals surface area contributed by atoms with Crippen molar-refractivity contribution in [1.82, 2.24) is 9.97 Å². The average molecular weight is 399 g/mol. The molecule has 3 aromatic rings. The molecular weight excluding hydrogens is 380 g/mol. The number of aromatic nitrogens is 2. The van der Waals surface area contributed by atoms with E-state index in [0.717, 1.165) is 11.3 Å². The van der Waals surface area contributed by atoms with E-state index in [1.165, 1.54) is 12.4 Å². The van der Waals surface area contributed by atoms with Gasteiger partial charge in [-0.2, -0.15) is 0 Å². The van der Waals surface area contributed by atoms with E-state index in [2.05, 4.69) is 20.6 Å². The molecule has 1 heterocycles. The molecule has 28 heavy (non-hydrogen) atoms. The molecule has 7 nitrogen and oxygen atoms in total. The highest BCUT2D eigenvalue weighted by atomic mass is 35.5. The molecule has 0 saturated carbocycles. The summed E-state index contributed by atoms with van der Waals surface area (Å²) in [5, 5.41) is 6.34. The van der Waals surface area contributed by atoms with E-state index in [0.29, 0.717) is 28.0 Å². The summed E-state index contributed by atoms with van der Waals surface area (Å²) < 4.78 is 10.4. The number of hydrogen-bond acceptors (Lipinski definition) is 6. The summed E-state index contributed by atoms with van der Waals surface area (Å²) in [6, 6.07) is 10.8. The van der Waals surface area contributed by atoms with Crippen LogP contribution in [0.1, 0.15) is 16.1 Å². The molecule has 0 spiro atoms. The maximum Gasteiger partial charge on any atom is 0.275 e. The Labute approximate surface area is 167 Å². The van der Waals surface area contributed by atoms with Crippen LogP contribution in [0.25, 0.3) is 0 Å². The Morgan fingerprint density at radius 1 is 1.00 bits per heavy atom. The van der Waals surface area contributed by atoms with Crippen LogP contribution >= 0.6 is 11.6 Å². The van der Waals surface area contributed by atoms with E-state index in [1.807, 2.05) is 19.1 Å². The monoisotopic (exact) mass is 398 g/mol. The van der Waals surface area contributed by atoms with Gasteiger partial charge in [0.1, 0.15) is 23.0 Å². The summed E-state index contributed by atoms with van der Waals surface area (Å²) in [5.41, 5.74) is 2.48. The Bertz CT molecular complexity index is 993. The highest BCUT2D eigenvalue weighted by Crippen LogP contribution is 2.28. The fraction of sp³-hybridized carbons (Fsp3) is 0.150. The molecule has 0 aliphatic carbocycles. The number of carbonyl (C=O) groups excluding carboxylic acids is 1. The van der Waals surface area contributed by atoms with Gasteiger partial charge < -0.3 is 20.1 Å². The van der Waals surface area contributed by atoms with Gasteiger partial charge in [-0.15, -0.1) is 0 Å². The van der Waals surface area contributed by atoms with Crippen molar-refractivity contribution in [2.45, 2.75) is 6.92 Å². The van der Waals surface area contributed by atoms with Crippen molar-refractivity contribution < 1.29 is 14.3 Å². The van der Waals surface area contributed by atoms with E-state index in [-0.39, 0.29) is 11.6 Å². The Morgan fingerprint density at radius 2 is 1.75 bits per heavy atom. The summed E-state index contributed by atoms with van der Waals surface area (Å²) in [7, 11) is 3.10. The first-order valence-corrected chi connectivity index (χ1v) is 8.76. The Hall–Kier alpha value is -3.32. The molecule has 2 N–H and O–H groups in total. The third kappa shape index (κ3) is 4.50. The van der Waals surface area contributed by atoms with E-state index in [9.17, 15) is 4.79 Å². The second kappa shape index (κ2) is 8.58. The predicted octanol–water partition coefficient (Wildman–Crippen LogP) is 4.45. The molecule has 8 heteroatoms. The summed E-state index contributed by atoms with van der Waals surface area (Å²) in [5.74, 6) is 1.25. The van der Waals surface area contributed by atoms with Crippen molar-refractivity contribution >= 4 is 34.7 Å². The first-order chi connectivity index (χ1) is 13.5. The van der Waals surface area contributed by atoms with Crippen molar-refractivity contribution in [3.63, 3.8) is 0 Å². The number of amides is 1. The van der Waals surface area contributed by atoms with Gasteiger partial charge in [0.2, 0.25) is 0 Å². The van der Waals surface area contributed by atoms with Crippen LogP contribution in [-0.2, 0) is 0 Å². The number of hydrogen-bond donors (Lipinski definition) is 2. The second-order valence-electron chi connectivity index (χ2n) is 5.92. The largest absolute Gasteiger partial charge is 0.495 e. The van der Waals surface area contributed by atoms with Gasteiger partial charge in [-0.05, 0) is 42.8 Å². The van der Waals surface area contributed by atoms with Gasteiger partial charge in [0.25, 0.3) is 5.91 Å². The van der Waals surface area contributed by atoms with Crippen molar-refractivity contribution in [1.29, 1.82) is 0 Å². The lowest BCUT2D eigenvalue weighted by atomic mass is 10.2. The molecular formula is C20H19ClN4O3. The minimum Gasteiger partial charge on any atom is -0.495 e. The molecule has 0 fully saturated rings. The Kier molecular flexibility index (Phi) is 5.96. The summed E-state index contributed by atoms with van der Waals surface area (Å²) in [6.45, 7) is 1.93. The van der Waals surface area contributed by atoms with E-state index in [1.54, 1.807) is 38.5 Å². The zero-order valence-electron chi connectivity index (χ0n) is 15.6. The number of aryl methyl sites for hydroxylation is 1. The van der Waals surface area contributed by atoms with Crippen molar-refractivity contribution in [2.24, 2.45) is 0 Å². The molecule has 0 unspecified atom stereocenters. The van der Waals surface area contributed by atoms with E-state index < -0.39 is 0 Å². The molecule has 0 aliphatic heterocycles. The van der Waals surface area contributed by atoms with Crippen LogP contribution in [-0.4, -0.2) is 30.1 Å². The maximum absolute atomic E-state index is 12.5. The maximum atomic E-state index is 12.5. The van der Waals surface area contributed by atoms with Crippen LogP contribution in [0.5, 0.6) is 11.5 Å². The standard InChI is InChI=1S/C20H19ClN4O3/c1-12-4-6-18(28-3)15(8-12)25-20(26)16-10-23-19(11-22-16)24-13-5-7-17(27-2)14(21)9-13/h4-11H,1-3H3,(H,23,24)(H,25,26). The normalized spacial score (nSPS) is 10.3. The molecule has 144 valence electrons. The zero-order chi connectivity index (χ0) is 20.1. The highest BCUT2D eigenvalue weighted by molar-refractivity contribution is 6.32. The van der Waals surface area contributed by atoms with Crippen molar-refractivity contribution in [3.05, 3.63) is 65.1 Å². The molecule has 1 amide bonds. The van der Waals surface area contributed by atoms with Crippen LogP contribution in [0, 0.1) is 6.92 Å². The molecule has 0 aliphatic rings. The van der Waals surface area contributed by atoms with Gasteiger partial charge in [0.05, 0.1) is 37.3 Å². The van der Waals surface area contributed by atoms with Crippen LogP contribution in [0.4, 0.5) is 17.2 Å². The fourth-order valence-corrected chi connectivity index (χ4v) is 2.77. The molecule has 0 atom stereocenters. The molecule has 0 saturated heterocycles. The number of nitrogens with zero attached hydrogens (tertiary/aromatic N) is 2. The lowest BCUT2D eigenvalue weighted by molar-refractivity contribution is 0.102. The lowest BCUT2D eigenvalue weighted by Gasteiger charge is -2.11. The number of benzene rings is 2. The second-order valence-corrected chi connectivity index (χ2v) is 6.33. The SMILES string of the molecule is COc1ccc(Nc2cnc(C(=O)Nc3cc(C)ccc3OC)cn2)cc1Cl. The minimum atomic E-state index is -0.379. The van der Waals surface area contributed by atoms with Gasteiger partial charge in [-0.1, -0.05) is 17.7 Å². The predicted molar refractivity (Wildman–Crippen MR) is 109 cm³/mol. The third-order valence-electron chi connectivity index (χ3n) is 3.91. The number of halogens is 1. The van der Waals surface area contributed by atoms with E-state index in [4.69, 9.17) is 21.1 Å². The topological polar surface area (TPSA) is 85.4 Å². The van der Waals surface area contributed by atoms with Gasteiger partial charge in [0, 0.05) is 5.69 Å². The average Bonchev–Trinajstić information content (AvgIpc) is 2.69. The molecule has 3 rings (SSSR count). The molecule has 2 aromatic carbocycles. The number of rotatable bonds is 6. The Balaban J connectivity index is 1.71. The van der Waals surface area contributed by atoms with Crippen LogP contribution in [0.3, 0.4) is 0 Å². The molecule has 0 bridgehead atoms. The van der Waals surface area contributed by atoms with Crippen LogP contribution in [0.2, 0.25) is 5.02 Å². The van der Waals surface area contributed by atoms with Crippen LogP contribution < -0.4 is 20.1 Å². The van der Waals surface area contributed by atoms with Crippen molar-refractivity contribution in [3.8, 4) is 11.5 Å².